The molecule has 1 aromatic heterocycles. The first-order valence-corrected chi connectivity index (χ1v) is 5.39. The zero-order chi connectivity index (χ0) is 13.1. The Morgan fingerprint density at radius 2 is 1.94 bits per heavy atom. The predicted molar refractivity (Wildman–Crippen MR) is 67.0 cm³/mol. The number of rotatable bonds is 2. The zero-order valence-electron chi connectivity index (χ0n) is 10.1. The van der Waals surface area contributed by atoms with Gasteiger partial charge in [-0.2, -0.15) is 5.10 Å². The lowest BCUT2D eigenvalue weighted by molar-refractivity contribution is 0.262. The molecule has 1 heterocycles. The van der Waals surface area contributed by atoms with Gasteiger partial charge in [-0.3, -0.25) is 10.00 Å². The molecular weight excluding hydrogens is 235 g/mol. The predicted octanol–water partition coefficient (Wildman–Crippen LogP) is 2.51. The number of carbonyl (C=O) groups excluding carboxylic acids is 1. The Morgan fingerprint density at radius 1 is 1.28 bits per heavy atom. The van der Waals surface area contributed by atoms with Gasteiger partial charge in [0, 0.05) is 24.5 Å². The summed E-state index contributed by atoms with van der Waals surface area (Å²) >= 11 is 0. The van der Waals surface area contributed by atoms with Crippen molar-refractivity contribution < 1.29 is 9.18 Å². The maximum atomic E-state index is 12.7. The molecule has 0 fully saturated rings. The van der Waals surface area contributed by atoms with E-state index in [1.54, 1.807) is 17.8 Å². The van der Waals surface area contributed by atoms with Crippen LogP contribution in [0.1, 0.15) is 5.69 Å². The molecule has 1 aromatic carbocycles. The van der Waals surface area contributed by atoms with Crippen molar-refractivity contribution in [3.8, 4) is 0 Å². The number of aromatic nitrogens is 2. The van der Waals surface area contributed by atoms with Crippen LogP contribution in [0.5, 0.6) is 0 Å². The SMILES string of the molecule is Cc1cc(NC(=O)Nc2ccc(F)cc2)nn1C. The minimum Gasteiger partial charge on any atom is -0.308 e. The van der Waals surface area contributed by atoms with Gasteiger partial charge in [-0.15, -0.1) is 0 Å². The summed E-state index contributed by atoms with van der Waals surface area (Å²) in [5.41, 5.74) is 1.45. The van der Waals surface area contributed by atoms with Crippen LogP contribution in [0.4, 0.5) is 20.7 Å². The second kappa shape index (κ2) is 4.87. The molecule has 6 heteroatoms. The zero-order valence-corrected chi connectivity index (χ0v) is 10.1. The molecule has 0 aliphatic rings. The van der Waals surface area contributed by atoms with Crippen LogP contribution in [0, 0.1) is 12.7 Å². The van der Waals surface area contributed by atoms with Gasteiger partial charge >= 0.3 is 6.03 Å². The van der Waals surface area contributed by atoms with Gasteiger partial charge in [0.2, 0.25) is 0 Å². The average Bonchev–Trinajstić information content (AvgIpc) is 2.61. The molecule has 0 saturated carbocycles. The number of nitrogens with one attached hydrogen (secondary N) is 2. The number of benzene rings is 1. The fourth-order valence-electron chi connectivity index (χ4n) is 1.43. The highest BCUT2D eigenvalue weighted by molar-refractivity contribution is 5.99. The lowest BCUT2D eigenvalue weighted by Crippen LogP contribution is -2.19. The van der Waals surface area contributed by atoms with Gasteiger partial charge in [0.1, 0.15) is 5.82 Å². The van der Waals surface area contributed by atoms with Crippen molar-refractivity contribution in [2.45, 2.75) is 6.92 Å². The van der Waals surface area contributed by atoms with Gasteiger partial charge < -0.3 is 5.32 Å². The van der Waals surface area contributed by atoms with E-state index < -0.39 is 6.03 Å². The smallest absolute Gasteiger partial charge is 0.308 e. The Labute approximate surface area is 104 Å². The average molecular weight is 248 g/mol. The van der Waals surface area contributed by atoms with Crippen LogP contribution < -0.4 is 10.6 Å². The molecule has 0 aliphatic carbocycles. The second-order valence-corrected chi connectivity index (χ2v) is 3.88. The summed E-state index contributed by atoms with van der Waals surface area (Å²) in [6.07, 6.45) is 0. The molecule has 0 radical (unpaired) electrons. The Hall–Kier alpha value is -2.37. The third kappa shape index (κ3) is 2.85. The van der Waals surface area contributed by atoms with Crippen molar-refractivity contribution in [2.24, 2.45) is 7.05 Å². The number of hydrogen-bond donors (Lipinski definition) is 2. The summed E-state index contributed by atoms with van der Waals surface area (Å²) in [5, 5.41) is 9.26. The summed E-state index contributed by atoms with van der Waals surface area (Å²) in [5.74, 6) is 0.121. The van der Waals surface area contributed by atoms with E-state index in [0.29, 0.717) is 11.5 Å². The van der Waals surface area contributed by atoms with Crippen LogP contribution in [0.25, 0.3) is 0 Å². The molecule has 2 amide bonds. The number of anilines is 2. The number of halogens is 1. The second-order valence-electron chi connectivity index (χ2n) is 3.88. The van der Waals surface area contributed by atoms with Crippen molar-refractivity contribution >= 4 is 17.5 Å². The van der Waals surface area contributed by atoms with Crippen LogP contribution >= 0.6 is 0 Å². The minimum atomic E-state index is -0.417. The van der Waals surface area contributed by atoms with E-state index in [0.717, 1.165) is 5.69 Å². The standard InChI is InChI=1S/C12H13FN4O/c1-8-7-11(16-17(8)2)15-12(18)14-10-5-3-9(13)4-6-10/h3-7H,1-2H3,(H2,14,15,16,18). The number of urea groups is 1. The number of carbonyl (C=O) groups is 1. The molecule has 2 aromatic rings. The fraction of sp³-hybridized carbons (Fsp3) is 0.167. The molecule has 0 aliphatic heterocycles. The quantitative estimate of drug-likeness (QED) is 0.857. The van der Waals surface area contributed by atoms with Crippen LogP contribution in [0.15, 0.2) is 30.3 Å². The van der Waals surface area contributed by atoms with Crippen LogP contribution in [0.3, 0.4) is 0 Å². The summed E-state index contributed by atoms with van der Waals surface area (Å²) in [4.78, 5) is 11.6. The van der Waals surface area contributed by atoms with E-state index in [1.807, 2.05) is 6.92 Å². The van der Waals surface area contributed by atoms with Gasteiger partial charge in [0.15, 0.2) is 5.82 Å². The fourth-order valence-corrected chi connectivity index (χ4v) is 1.43. The van der Waals surface area contributed by atoms with Crippen molar-refractivity contribution in [3.05, 3.63) is 41.8 Å². The van der Waals surface area contributed by atoms with Crippen molar-refractivity contribution in [1.29, 1.82) is 0 Å². The molecule has 0 spiro atoms. The van der Waals surface area contributed by atoms with Crippen molar-refractivity contribution in [1.82, 2.24) is 9.78 Å². The van der Waals surface area contributed by atoms with Crippen LogP contribution in [-0.4, -0.2) is 15.8 Å². The maximum absolute atomic E-state index is 12.7. The largest absolute Gasteiger partial charge is 0.324 e. The number of nitrogens with zero attached hydrogens (tertiary/aromatic N) is 2. The Bertz CT molecular complexity index is 542. The molecule has 2 rings (SSSR count). The molecule has 18 heavy (non-hydrogen) atoms. The van der Waals surface area contributed by atoms with Gasteiger partial charge in [0.25, 0.3) is 0 Å². The van der Waals surface area contributed by atoms with Crippen LogP contribution in [0.2, 0.25) is 0 Å². The highest BCUT2D eigenvalue weighted by Gasteiger charge is 2.06. The molecule has 94 valence electrons. The number of amides is 2. The van der Waals surface area contributed by atoms with E-state index in [-0.39, 0.29) is 5.82 Å². The van der Waals surface area contributed by atoms with Gasteiger partial charge in [-0.05, 0) is 31.2 Å². The van der Waals surface area contributed by atoms with E-state index in [1.165, 1.54) is 24.3 Å². The van der Waals surface area contributed by atoms with Crippen molar-refractivity contribution in [2.75, 3.05) is 10.6 Å². The first-order chi connectivity index (χ1) is 8.54. The van der Waals surface area contributed by atoms with Gasteiger partial charge in [-0.1, -0.05) is 0 Å². The van der Waals surface area contributed by atoms with E-state index in [2.05, 4.69) is 15.7 Å². The highest BCUT2D eigenvalue weighted by atomic mass is 19.1. The van der Waals surface area contributed by atoms with E-state index >= 15 is 0 Å². The lowest BCUT2D eigenvalue weighted by Gasteiger charge is -2.04. The molecule has 0 saturated heterocycles. The Morgan fingerprint density at radius 3 is 2.50 bits per heavy atom. The van der Waals surface area contributed by atoms with Gasteiger partial charge in [-0.25, -0.2) is 9.18 Å². The third-order valence-corrected chi connectivity index (χ3v) is 2.46. The summed E-state index contributed by atoms with van der Waals surface area (Å²) in [6.45, 7) is 1.88. The van der Waals surface area contributed by atoms with Crippen LogP contribution in [-0.2, 0) is 7.05 Å². The van der Waals surface area contributed by atoms with Crippen molar-refractivity contribution in [3.63, 3.8) is 0 Å². The topological polar surface area (TPSA) is 59.0 Å². The Balaban J connectivity index is 1.98. The first-order valence-electron chi connectivity index (χ1n) is 5.39. The van der Waals surface area contributed by atoms with E-state index in [9.17, 15) is 9.18 Å². The molecule has 0 atom stereocenters. The lowest BCUT2D eigenvalue weighted by atomic mass is 10.3. The molecule has 5 nitrogen and oxygen atoms in total. The maximum Gasteiger partial charge on any atom is 0.324 e. The highest BCUT2D eigenvalue weighted by Crippen LogP contribution is 2.10. The first kappa shape index (κ1) is 12.1. The molecule has 0 bridgehead atoms. The normalized spacial score (nSPS) is 10.2. The number of hydrogen-bond acceptors (Lipinski definition) is 2. The third-order valence-electron chi connectivity index (χ3n) is 2.46. The minimum absolute atomic E-state index is 0.346. The summed E-state index contributed by atoms with van der Waals surface area (Å²) in [6, 6.07) is 6.86. The summed E-state index contributed by atoms with van der Waals surface area (Å²) in [7, 11) is 1.79. The van der Waals surface area contributed by atoms with Gasteiger partial charge in [0.05, 0.1) is 0 Å². The number of aryl methyl sites for hydroxylation is 2. The Kier molecular flexibility index (Phi) is 3.27. The summed E-state index contributed by atoms with van der Waals surface area (Å²) < 4.78 is 14.3. The van der Waals surface area contributed by atoms with E-state index in [4.69, 9.17) is 0 Å². The molecule has 0 unspecified atom stereocenters. The monoisotopic (exact) mass is 248 g/mol. The molecular formula is C12H13FN4O. The molecule has 2 N–H and O–H groups in total.